The van der Waals surface area contributed by atoms with Gasteiger partial charge in [-0.25, -0.2) is 0 Å². The van der Waals surface area contributed by atoms with Crippen LogP contribution in [0.3, 0.4) is 0 Å². The van der Waals surface area contributed by atoms with Gasteiger partial charge >= 0.3 is 0 Å². The van der Waals surface area contributed by atoms with Crippen LogP contribution in [0.15, 0.2) is 0 Å². The Hall–Kier alpha value is -0.370. The molecule has 0 saturated carbocycles. The number of aldehydes is 1. The van der Waals surface area contributed by atoms with Crippen LogP contribution >= 0.6 is 0 Å². The lowest BCUT2D eigenvalue weighted by molar-refractivity contribution is -0.117. The van der Waals surface area contributed by atoms with Gasteiger partial charge in [-0.2, -0.15) is 0 Å². The zero-order chi connectivity index (χ0) is 7.61. The lowest BCUT2D eigenvalue weighted by Gasteiger charge is -2.33. The molecule has 0 atom stereocenters. The molecule has 58 valence electrons. The van der Waals surface area contributed by atoms with Crippen LogP contribution < -0.4 is 0 Å². The first-order valence-corrected chi connectivity index (χ1v) is 3.81. The number of rotatable bonds is 1. The second kappa shape index (κ2) is 2.70. The van der Waals surface area contributed by atoms with Gasteiger partial charge in [0.15, 0.2) is 0 Å². The van der Waals surface area contributed by atoms with Gasteiger partial charge in [-0.05, 0) is 33.0 Å². The van der Waals surface area contributed by atoms with Gasteiger partial charge in [0.05, 0.1) is 0 Å². The molecule has 1 aliphatic rings. The van der Waals surface area contributed by atoms with Crippen molar-refractivity contribution in [2.45, 2.75) is 19.8 Å². The number of likely N-dealkylation sites (tertiary alicyclic amines) is 1. The molecule has 0 spiro atoms. The zero-order valence-corrected chi connectivity index (χ0v) is 6.76. The van der Waals surface area contributed by atoms with Crippen molar-refractivity contribution in [1.82, 2.24) is 4.90 Å². The topological polar surface area (TPSA) is 20.3 Å². The van der Waals surface area contributed by atoms with Gasteiger partial charge < -0.3 is 9.69 Å². The maximum Gasteiger partial charge on any atom is 0.125 e. The fraction of sp³-hybridized carbons (Fsp3) is 0.875. The molecule has 1 rings (SSSR count). The largest absolute Gasteiger partial charge is 0.306 e. The van der Waals surface area contributed by atoms with Gasteiger partial charge in [0.1, 0.15) is 6.29 Å². The van der Waals surface area contributed by atoms with Gasteiger partial charge in [-0.1, -0.05) is 6.92 Å². The SMILES string of the molecule is CN1CCC(C)(C=O)CC1. The van der Waals surface area contributed by atoms with Crippen LogP contribution in [0.2, 0.25) is 0 Å². The van der Waals surface area contributed by atoms with Gasteiger partial charge in [-0.3, -0.25) is 0 Å². The first-order chi connectivity index (χ1) is 4.66. The Balaban J connectivity index is 2.46. The number of nitrogens with zero attached hydrogens (tertiary/aromatic N) is 1. The van der Waals surface area contributed by atoms with Crippen molar-refractivity contribution >= 4 is 6.29 Å². The molecule has 0 amide bonds. The molecule has 0 aromatic heterocycles. The summed E-state index contributed by atoms with van der Waals surface area (Å²) >= 11 is 0. The van der Waals surface area contributed by atoms with Gasteiger partial charge in [0.2, 0.25) is 0 Å². The molecule has 1 aliphatic heterocycles. The van der Waals surface area contributed by atoms with Crippen LogP contribution in [0.25, 0.3) is 0 Å². The fourth-order valence-corrected chi connectivity index (χ4v) is 1.25. The first-order valence-electron chi connectivity index (χ1n) is 3.81. The standard InChI is InChI=1S/C8H15NO/c1-8(7-10)3-5-9(2)6-4-8/h7H,3-6H2,1-2H3. The highest BCUT2D eigenvalue weighted by atomic mass is 16.1. The second-order valence-electron chi connectivity index (χ2n) is 3.58. The van der Waals surface area contributed by atoms with Crippen LogP contribution in [0, 0.1) is 5.41 Å². The third kappa shape index (κ3) is 1.57. The lowest BCUT2D eigenvalue weighted by atomic mass is 9.82. The van der Waals surface area contributed by atoms with Crippen LogP contribution in [-0.2, 0) is 4.79 Å². The summed E-state index contributed by atoms with van der Waals surface area (Å²) in [6.07, 6.45) is 3.15. The van der Waals surface area contributed by atoms with Crippen LogP contribution in [0.4, 0.5) is 0 Å². The number of carbonyl (C=O) groups is 1. The Morgan fingerprint density at radius 1 is 1.40 bits per heavy atom. The number of piperidine rings is 1. The zero-order valence-electron chi connectivity index (χ0n) is 6.76. The number of hydrogen-bond donors (Lipinski definition) is 0. The molecule has 0 aromatic rings. The molecule has 1 fully saturated rings. The van der Waals surface area contributed by atoms with Crippen LogP contribution in [0.1, 0.15) is 19.8 Å². The molecule has 2 nitrogen and oxygen atoms in total. The Morgan fingerprint density at radius 3 is 2.30 bits per heavy atom. The van der Waals surface area contributed by atoms with E-state index in [0.29, 0.717) is 0 Å². The van der Waals surface area contributed by atoms with E-state index in [1.165, 1.54) is 0 Å². The third-order valence-electron chi connectivity index (χ3n) is 2.41. The maximum atomic E-state index is 10.6. The summed E-state index contributed by atoms with van der Waals surface area (Å²) in [5, 5.41) is 0. The average molecular weight is 141 g/mol. The molecule has 2 heteroatoms. The average Bonchev–Trinajstić information content (AvgIpc) is 1.96. The molecule has 0 radical (unpaired) electrons. The van der Waals surface area contributed by atoms with Crippen molar-refractivity contribution in [3.63, 3.8) is 0 Å². The molecule has 1 heterocycles. The van der Waals surface area contributed by atoms with E-state index in [1.54, 1.807) is 0 Å². The second-order valence-corrected chi connectivity index (χ2v) is 3.58. The van der Waals surface area contributed by atoms with E-state index < -0.39 is 0 Å². The van der Waals surface area contributed by atoms with Crippen molar-refractivity contribution in [2.24, 2.45) is 5.41 Å². The summed E-state index contributed by atoms with van der Waals surface area (Å²) in [6.45, 7) is 4.18. The molecule has 0 bridgehead atoms. The van der Waals surface area contributed by atoms with Crippen molar-refractivity contribution < 1.29 is 4.79 Å². The molecule has 0 N–H and O–H groups in total. The Kier molecular flexibility index (Phi) is 2.09. The predicted octanol–water partition coefficient (Wildman–Crippen LogP) is 0.917. The summed E-state index contributed by atoms with van der Waals surface area (Å²) in [7, 11) is 2.10. The van der Waals surface area contributed by atoms with Crippen molar-refractivity contribution in [2.75, 3.05) is 20.1 Å². The van der Waals surface area contributed by atoms with E-state index in [0.717, 1.165) is 32.2 Å². The van der Waals surface area contributed by atoms with E-state index in [2.05, 4.69) is 11.9 Å². The fourth-order valence-electron chi connectivity index (χ4n) is 1.25. The summed E-state index contributed by atoms with van der Waals surface area (Å²) in [6, 6.07) is 0. The van der Waals surface area contributed by atoms with E-state index in [-0.39, 0.29) is 5.41 Å². The predicted molar refractivity (Wildman–Crippen MR) is 40.9 cm³/mol. The van der Waals surface area contributed by atoms with Crippen LogP contribution in [-0.4, -0.2) is 31.3 Å². The highest BCUT2D eigenvalue weighted by molar-refractivity contribution is 5.58. The smallest absolute Gasteiger partial charge is 0.125 e. The Bertz CT molecular complexity index is 125. The van der Waals surface area contributed by atoms with Crippen molar-refractivity contribution in [3.8, 4) is 0 Å². The first kappa shape index (κ1) is 7.73. The Labute approximate surface area is 62.2 Å². The van der Waals surface area contributed by atoms with E-state index in [1.807, 2.05) is 6.92 Å². The monoisotopic (exact) mass is 141 g/mol. The minimum atomic E-state index is -0.0213. The molecule has 0 aliphatic carbocycles. The summed E-state index contributed by atoms with van der Waals surface area (Å²) in [4.78, 5) is 12.8. The minimum absolute atomic E-state index is 0.0213. The quantitative estimate of drug-likeness (QED) is 0.506. The Morgan fingerprint density at radius 2 is 1.90 bits per heavy atom. The van der Waals surface area contributed by atoms with Gasteiger partial charge in [0.25, 0.3) is 0 Å². The normalized spacial score (nSPS) is 26.2. The summed E-state index contributed by atoms with van der Waals surface area (Å²) in [5.74, 6) is 0. The molecule has 0 unspecified atom stereocenters. The summed E-state index contributed by atoms with van der Waals surface area (Å²) < 4.78 is 0. The van der Waals surface area contributed by atoms with E-state index in [4.69, 9.17) is 0 Å². The lowest BCUT2D eigenvalue weighted by Crippen LogP contribution is -2.36. The van der Waals surface area contributed by atoms with Crippen molar-refractivity contribution in [1.29, 1.82) is 0 Å². The summed E-state index contributed by atoms with van der Waals surface area (Å²) in [5.41, 5.74) is -0.0213. The highest BCUT2D eigenvalue weighted by Gasteiger charge is 2.27. The molecular formula is C8H15NO. The highest BCUT2D eigenvalue weighted by Crippen LogP contribution is 2.27. The van der Waals surface area contributed by atoms with Crippen LogP contribution in [0.5, 0.6) is 0 Å². The number of carbonyl (C=O) groups excluding carboxylic acids is 1. The maximum absolute atomic E-state index is 10.6. The van der Waals surface area contributed by atoms with Crippen molar-refractivity contribution in [3.05, 3.63) is 0 Å². The minimum Gasteiger partial charge on any atom is -0.306 e. The third-order valence-corrected chi connectivity index (χ3v) is 2.41. The van der Waals surface area contributed by atoms with Gasteiger partial charge in [-0.15, -0.1) is 0 Å². The molecule has 1 saturated heterocycles. The van der Waals surface area contributed by atoms with E-state index >= 15 is 0 Å². The van der Waals surface area contributed by atoms with E-state index in [9.17, 15) is 4.79 Å². The molecule has 0 aromatic carbocycles. The van der Waals surface area contributed by atoms with Gasteiger partial charge in [0, 0.05) is 5.41 Å². The number of hydrogen-bond acceptors (Lipinski definition) is 2. The molecule has 10 heavy (non-hydrogen) atoms. The molecular weight excluding hydrogens is 126 g/mol.